The first-order chi connectivity index (χ1) is 8.06. The van der Waals surface area contributed by atoms with Gasteiger partial charge in [-0.2, -0.15) is 0 Å². The topological polar surface area (TPSA) is 27.7 Å². The standard InChI is InChI=1S/C12H16F2O3/c1-15-12(16-2,17-3)7-6-9-4-5-10(13)11(14)8-9/h4-5,8H,6-7H2,1-3H3. The molecule has 0 unspecified atom stereocenters. The largest absolute Gasteiger partial charge is 0.331 e. The Kier molecular flexibility index (Phi) is 4.99. The Morgan fingerprint density at radius 1 is 1.00 bits per heavy atom. The molecule has 1 rings (SSSR count). The van der Waals surface area contributed by atoms with Crippen LogP contribution < -0.4 is 0 Å². The van der Waals surface area contributed by atoms with E-state index in [9.17, 15) is 8.78 Å². The van der Waals surface area contributed by atoms with Crippen molar-refractivity contribution in [1.82, 2.24) is 0 Å². The Balaban J connectivity index is 2.68. The van der Waals surface area contributed by atoms with Crippen molar-refractivity contribution in [2.45, 2.75) is 18.8 Å². The number of halogens is 2. The van der Waals surface area contributed by atoms with Gasteiger partial charge in [-0.25, -0.2) is 8.78 Å². The van der Waals surface area contributed by atoms with Crippen LogP contribution in [0.2, 0.25) is 0 Å². The lowest BCUT2D eigenvalue weighted by atomic mass is 10.1. The average Bonchev–Trinajstić information content (AvgIpc) is 2.36. The van der Waals surface area contributed by atoms with Gasteiger partial charge in [0, 0.05) is 27.8 Å². The normalized spacial score (nSPS) is 11.8. The van der Waals surface area contributed by atoms with Crippen LogP contribution in [0.4, 0.5) is 8.78 Å². The van der Waals surface area contributed by atoms with Crippen LogP contribution in [0.15, 0.2) is 18.2 Å². The molecule has 1 aromatic rings. The van der Waals surface area contributed by atoms with Gasteiger partial charge in [-0.3, -0.25) is 0 Å². The Morgan fingerprint density at radius 2 is 1.59 bits per heavy atom. The maximum atomic E-state index is 13.0. The van der Waals surface area contributed by atoms with Crippen LogP contribution in [0, 0.1) is 11.6 Å². The fourth-order valence-corrected chi connectivity index (χ4v) is 1.55. The maximum absolute atomic E-state index is 13.0. The molecule has 1 aromatic carbocycles. The summed E-state index contributed by atoms with van der Waals surface area (Å²) in [6.45, 7) is 0. The van der Waals surface area contributed by atoms with E-state index in [2.05, 4.69) is 0 Å². The molecule has 0 amide bonds. The molecule has 0 N–H and O–H groups in total. The van der Waals surface area contributed by atoms with Gasteiger partial charge < -0.3 is 14.2 Å². The van der Waals surface area contributed by atoms with E-state index in [1.165, 1.54) is 27.4 Å². The van der Waals surface area contributed by atoms with Crippen LogP contribution in [0.25, 0.3) is 0 Å². The lowest BCUT2D eigenvalue weighted by molar-refractivity contribution is -0.354. The zero-order chi connectivity index (χ0) is 12.9. The second-order valence-electron chi connectivity index (χ2n) is 3.54. The molecule has 17 heavy (non-hydrogen) atoms. The summed E-state index contributed by atoms with van der Waals surface area (Å²) in [4.78, 5) is 0. The van der Waals surface area contributed by atoms with Gasteiger partial charge in [0.25, 0.3) is 5.97 Å². The predicted octanol–water partition coefficient (Wildman–Crippen LogP) is 2.49. The van der Waals surface area contributed by atoms with Crippen molar-refractivity contribution in [2.24, 2.45) is 0 Å². The molecule has 0 saturated heterocycles. The van der Waals surface area contributed by atoms with Crippen LogP contribution in [0.3, 0.4) is 0 Å². The lowest BCUT2D eigenvalue weighted by Crippen LogP contribution is -2.36. The van der Waals surface area contributed by atoms with Crippen LogP contribution in [0.5, 0.6) is 0 Å². The number of ether oxygens (including phenoxy) is 3. The quantitative estimate of drug-likeness (QED) is 0.722. The molecular formula is C12H16F2O3. The monoisotopic (exact) mass is 246 g/mol. The number of benzene rings is 1. The van der Waals surface area contributed by atoms with Gasteiger partial charge in [0.15, 0.2) is 11.6 Å². The smallest absolute Gasteiger partial charge is 0.282 e. The number of hydrogen-bond donors (Lipinski definition) is 0. The number of aryl methyl sites for hydroxylation is 1. The third kappa shape index (κ3) is 3.46. The van der Waals surface area contributed by atoms with Crippen molar-refractivity contribution in [3.05, 3.63) is 35.4 Å². The second-order valence-corrected chi connectivity index (χ2v) is 3.54. The molecule has 3 nitrogen and oxygen atoms in total. The van der Waals surface area contributed by atoms with Gasteiger partial charge in [0.1, 0.15) is 0 Å². The Morgan fingerprint density at radius 3 is 2.06 bits per heavy atom. The second kappa shape index (κ2) is 6.05. The van der Waals surface area contributed by atoms with Crippen molar-refractivity contribution >= 4 is 0 Å². The van der Waals surface area contributed by atoms with E-state index in [-0.39, 0.29) is 0 Å². The molecular weight excluding hydrogens is 230 g/mol. The first kappa shape index (κ1) is 14.0. The molecule has 0 aromatic heterocycles. The average molecular weight is 246 g/mol. The van der Waals surface area contributed by atoms with Crippen LogP contribution in [0.1, 0.15) is 12.0 Å². The van der Waals surface area contributed by atoms with Crippen LogP contribution in [-0.4, -0.2) is 27.3 Å². The highest BCUT2D eigenvalue weighted by Crippen LogP contribution is 2.20. The highest BCUT2D eigenvalue weighted by molar-refractivity contribution is 5.17. The summed E-state index contributed by atoms with van der Waals surface area (Å²) in [7, 11) is 4.37. The zero-order valence-electron chi connectivity index (χ0n) is 10.1. The summed E-state index contributed by atoms with van der Waals surface area (Å²) in [5.41, 5.74) is 0.652. The predicted molar refractivity (Wildman–Crippen MR) is 58.4 cm³/mol. The van der Waals surface area contributed by atoms with E-state index < -0.39 is 17.6 Å². The van der Waals surface area contributed by atoms with E-state index in [4.69, 9.17) is 14.2 Å². The minimum absolute atomic E-state index is 0.377. The molecule has 96 valence electrons. The molecule has 0 aliphatic rings. The van der Waals surface area contributed by atoms with Crippen molar-refractivity contribution in [2.75, 3.05) is 21.3 Å². The SMILES string of the molecule is COC(CCc1ccc(F)c(F)c1)(OC)OC. The van der Waals surface area contributed by atoms with Gasteiger partial charge in [0.05, 0.1) is 0 Å². The van der Waals surface area contributed by atoms with Gasteiger partial charge in [-0.15, -0.1) is 0 Å². The van der Waals surface area contributed by atoms with Crippen molar-refractivity contribution < 1.29 is 23.0 Å². The third-order valence-electron chi connectivity index (χ3n) is 2.64. The minimum atomic E-state index is -1.15. The minimum Gasteiger partial charge on any atom is -0.331 e. The van der Waals surface area contributed by atoms with Crippen LogP contribution in [-0.2, 0) is 20.6 Å². The van der Waals surface area contributed by atoms with Gasteiger partial charge >= 0.3 is 0 Å². The highest BCUT2D eigenvalue weighted by atomic mass is 19.2. The fraction of sp³-hybridized carbons (Fsp3) is 0.500. The van der Waals surface area contributed by atoms with Crippen molar-refractivity contribution in [3.63, 3.8) is 0 Å². The Labute approximate surface area is 99.3 Å². The Bertz CT molecular complexity index is 357. The summed E-state index contributed by atoms with van der Waals surface area (Å²) >= 11 is 0. The van der Waals surface area contributed by atoms with Gasteiger partial charge in [-0.05, 0) is 24.1 Å². The first-order valence-corrected chi connectivity index (χ1v) is 5.16. The lowest BCUT2D eigenvalue weighted by Gasteiger charge is -2.28. The number of rotatable bonds is 6. The van der Waals surface area contributed by atoms with E-state index in [1.807, 2.05) is 0 Å². The van der Waals surface area contributed by atoms with Gasteiger partial charge in [-0.1, -0.05) is 6.07 Å². The molecule has 0 saturated carbocycles. The van der Waals surface area contributed by atoms with E-state index in [0.29, 0.717) is 18.4 Å². The summed E-state index contributed by atoms with van der Waals surface area (Å²) in [5.74, 6) is -2.87. The number of methoxy groups -OCH3 is 3. The number of hydrogen-bond acceptors (Lipinski definition) is 3. The summed E-state index contributed by atoms with van der Waals surface area (Å²) in [6.07, 6.45) is 0.828. The third-order valence-corrected chi connectivity index (χ3v) is 2.64. The molecule has 0 aliphatic carbocycles. The fourth-order valence-electron chi connectivity index (χ4n) is 1.55. The molecule has 0 radical (unpaired) electrons. The van der Waals surface area contributed by atoms with Crippen molar-refractivity contribution in [3.8, 4) is 0 Å². The maximum Gasteiger partial charge on any atom is 0.282 e. The Hall–Kier alpha value is -1.04. The van der Waals surface area contributed by atoms with Crippen LogP contribution >= 0.6 is 0 Å². The van der Waals surface area contributed by atoms with Gasteiger partial charge in [0.2, 0.25) is 0 Å². The highest BCUT2D eigenvalue weighted by Gasteiger charge is 2.28. The molecule has 0 aliphatic heterocycles. The molecule has 0 heterocycles. The van der Waals surface area contributed by atoms with E-state index >= 15 is 0 Å². The summed E-state index contributed by atoms with van der Waals surface area (Å²) in [5, 5.41) is 0. The first-order valence-electron chi connectivity index (χ1n) is 5.16. The molecule has 0 spiro atoms. The van der Waals surface area contributed by atoms with E-state index in [1.54, 1.807) is 0 Å². The molecule has 0 bridgehead atoms. The molecule has 0 fully saturated rings. The van der Waals surface area contributed by atoms with E-state index in [0.717, 1.165) is 12.1 Å². The van der Waals surface area contributed by atoms with Crippen molar-refractivity contribution in [1.29, 1.82) is 0 Å². The zero-order valence-corrected chi connectivity index (χ0v) is 10.1. The summed E-state index contributed by atoms with van der Waals surface area (Å²) in [6, 6.07) is 3.77. The molecule has 0 atom stereocenters. The summed E-state index contributed by atoms with van der Waals surface area (Å²) < 4.78 is 41.0. The molecule has 5 heteroatoms.